The van der Waals surface area contributed by atoms with Gasteiger partial charge in [0.2, 0.25) is 5.88 Å². The minimum absolute atomic E-state index is 0.146. The second kappa shape index (κ2) is 11.9. The number of benzene rings is 1. The lowest BCUT2D eigenvalue weighted by atomic mass is 10.1. The van der Waals surface area contributed by atoms with E-state index >= 15 is 0 Å². The van der Waals surface area contributed by atoms with E-state index in [-0.39, 0.29) is 5.88 Å². The van der Waals surface area contributed by atoms with Crippen LogP contribution in [0.2, 0.25) is 0 Å². The number of rotatable bonds is 13. The zero-order valence-corrected chi connectivity index (χ0v) is 16.2. The minimum Gasteiger partial charge on any atom is -0.492 e. The van der Waals surface area contributed by atoms with Crippen molar-refractivity contribution < 1.29 is 9.84 Å². The Morgan fingerprint density at radius 3 is 2.24 bits per heavy atom. The molecule has 1 N–H and O–H groups in total. The summed E-state index contributed by atoms with van der Waals surface area (Å²) < 4.78 is 5.69. The molecule has 1 aromatic heterocycles. The summed E-state index contributed by atoms with van der Waals surface area (Å²) in [5.74, 6) is 0.146. The Hall–Kier alpha value is -1.55. The highest BCUT2D eigenvalue weighted by molar-refractivity contribution is 7.13. The molecule has 4 heteroatoms. The van der Waals surface area contributed by atoms with Gasteiger partial charge in [0.05, 0.1) is 4.88 Å². The Morgan fingerprint density at radius 2 is 1.56 bits per heavy atom. The number of nitrogens with zero attached hydrogens (tertiary/aromatic N) is 1. The summed E-state index contributed by atoms with van der Waals surface area (Å²) in [5.41, 5.74) is 1.11. The summed E-state index contributed by atoms with van der Waals surface area (Å²) in [7, 11) is 0. The van der Waals surface area contributed by atoms with Crippen LogP contribution in [0, 0.1) is 0 Å². The Balaban J connectivity index is 1.60. The first kappa shape index (κ1) is 19.8. The molecular formula is C21H31NO2S. The highest BCUT2D eigenvalue weighted by atomic mass is 32.1. The monoisotopic (exact) mass is 361 g/mol. The molecule has 0 saturated carbocycles. The van der Waals surface area contributed by atoms with E-state index in [9.17, 15) is 5.11 Å². The van der Waals surface area contributed by atoms with Crippen molar-refractivity contribution in [2.75, 3.05) is 0 Å². The number of thiazole rings is 1. The highest BCUT2D eigenvalue weighted by Gasteiger charge is 2.11. The molecule has 0 fully saturated rings. The van der Waals surface area contributed by atoms with Gasteiger partial charge in [-0.2, -0.15) is 4.98 Å². The average molecular weight is 362 g/mol. The highest BCUT2D eigenvalue weighted by Crippen LogP contribution is 2.31. The fourth-order valence-electron chi connectivity index (χ4n) is 2.86. The maximum atomic E-state index is 9.97. The van der Waals surface area contributed by atoms with Gasteiger partial charge in [-0.15, -0.1) is 0 Å². The molecule has 0 amide bonds. The number of unbranched alkanes of at least 4 members (excludes halogenated alkanes) is 8. The second-order valence-corrected chi connectivity index (χ2v) is 7.63. The molecule has 0 atom stereocenters. The second-order valence-electron chi connectivity index (χ2n) is 6.58. The molecule has 0 aliphatic heterocycles. The van der Waals surface area contributed by atoms with Crippen molar-refractivity contribution >= 4 is 11.3 Å². The molecule has 1 aromatic carbocycles. The lowest BCUT2D eigenvalue weighted by Crippen LogP contribution is -1.93. The van der Waals surface area contributed by atoms with Gasteiger partial charge in [0, 0.05) is 0 Å². The molecule has 25 heavy (non-hydrogen) atoms. The molecule has 1 heterocycles. The van der Waals surface area contributed by atoms with Crippen LogP contribution >= 0.6 is 11.3 Å². The van der Waals surface area contributed by atoms with Gasteiger partial charge in [-0.05, 0) is 18.4 Å². The van der Waals surface area contributed by atoms with E-state index in [0.717, 1.165) is 23.3 Å². The van der Waals surface area contributed by atoms with Gasteiger partial charge in [0.25, 0.3) is 5.19 Å². The summed E-state index contributed by atoms with van der Waals surface area (Å²) in [5, 5.41) is 10.5. The van der Waals surface area contributed by atoms with E-state index in [0.29, 0.717) is 11.8 Å². The van der Waals surface area contributed by atoms with Crippen LogP contribution in [0.3, 0.4) is 0 Å². The number of ether oxygens (including phenoxy) is 1. The van der Waals surface area contributed by atoms with Crippen LogP contribution in [0.15, 0.2) is 30.3 Å². The Labute approximate surface area is 156 Å². The normalized spacial score (nSPS) is 10.9. The van der Waals surface area contributed by atoms with Crippen molar-refractivity contribution in [1.29, 1.82) is 0 Å². The first-order chi connectivity index (χ1) is 12.3. The molecule has 2 aromatic rings. The summed E-state index contributed by atoms with van der Waals surface area (Å²) >= 11 is 1.47. The van der Waals surface area contributed by atoms with Crippen molar-refractivity contribution in [3.8, 4) is 11.1 Å². The van der Waals surface area contributed by atoms with E-state index in [2.05, 4.69) is 11.9 Å². The van der Waals surface area contributed by atoms with E-state index < -0.39 is 0 Å². The number of aryl methyl sites for hydroxylation is 1. The lowest BCUT2D eigenvalue weighted by molar-refractivity contribution is 0.300. The van der Waals surface area contributed by atoms with E-state index in [1.165, 1.54) is 62.7 Å². The lowest BCUT2D eigenvalue weighted by Gasteiger charge is -2.02. The number of hydrogen-bond donors (Lipinski definition) is 1. The average Bonchev–Trinajstić information content (AvgIpc) is 2.99. The summed E-state index contributed by atoms with van der Waals surface area (Å²) in [6, 6.07) is 10.0. The largest absolute Gasteiger partial charge is 0.492 e. The van der Waals surface area contributed by atoms with Gasteiger partial charge in [0.1, 0.15) is 6.61 Å². The molecule has 0 saturated heterocycles. The SMILES string of the molecule is CCCCCCCCCCCc1sc(OCc2ccccc2)nc1O. The van der Waals surface area contributed by atoms with Crippen LogP contribution in [0.25, 0.3) is 0 Å². The van der Waals surface area contributed by atoms with Gasteiger partial charge < -0.3 is 9.84 Å². The third-order valence-electron chi connectivity index (χ3n) is 4.37. The summed E-state index contributed by atoms with van der Waals surface area (Å²) in [6.45, 7) is 2.75. The number of aromatic nitrogens is 1. The summed E-state index contributed by atoms with van der Waals surface area (Å²) in [4.78, 5) is 5.08. The molecule has 2 rings (SSSR count). The maximum absolute atomic E-state index is 9.97. The molecule has 0 unspecified atom stereocenters. The third-order valence-corrected chi connectivity index (χ3v) is 5.39. The van der Waals surface area contributed by atoms with Crippen LogP contribution in [0.4, 0.5) is 0 Å². The molecule has 0 aliphatic rings. The topological polar surface area (TPSA) is 42.4 Å². The van der Waals surface area contributed by atoms with Crippen molar-refractivity contribution in [1.82, 2.24) is 4.98 Å². The summed E-state index contributed by atoms with van der Waals surface area (Å²) in [6.07, 6.45) is 12.7. The maximum Gasteiger partial charge on any atom is 0.277 e. The zero-order chi connectivity index (χ0) is 17.7. The van der Waals surface area contributed by atoms with Crippen molar-refractivity contribution in [3.05, 3.63) is 40.8 Å². The van der Waals surface area contributed by atoms with Crippen LogP contribution in [-0.2, 0) is 13.0 Å². The van der Waals surface area contributed by atoms with Crippen molar-refractivity contribution in [2.24, 2.45) is 0 Å². The molecule has 0 bridgehead atoms. The van der Waals surface area contributed by atoms with Gasteiger partial charge in [-0.25, -0.2) is 0 Å². The van der Waals surface area contributed by atoms with Crippen molar-refractivity contribution in [2.45, 2.75) is 77.7 Å². The third kappa shape index (κ3) is 7.91. The smallest absolute Gasteiger partial charge is 0.277 e. The minimum atomic E-state index is 0.146. The van der Waals surface area contributed by atoms with Gasteiger partial charge in [0.15, 0.2) is 0 Å². The predicted molar refractivity (Wildman–Crippen MR) is 105 cm³/mol. The number of hydrogen-bond acceptors (Lipinski definition) is 4. The van der Waals surface area contributed by atoms with Gasteiger partial charge in [-0.1, -0.05) is 100.0 Å². The zero-order valence-electron chi connectivity index (χ0n) is 15.4. The van der Waals surface area contributed by atoms with Gasteiger partial charge >= 0.3 is 0 Å². The predicted octanol–water partition coefficient (Wildman–Crippen LogP) is 6.50. The van der Waals surface area contributed by atoms with Gasteiger partial charge in [-0.3, -0.25) is 0 Å². The molecule has 0 radical (unpaired) electrons. The van der Waals surface area contributed by atoms with E-state index in [1.807, 2.05) is 30.3 Å². The van der Waals surface area contributed by atoms with E-state index in [1.54, 1.807) is 0 Å². The van der Waals surface area contributed by atoms with Crippen LogP contribution < -0.4 is 4.74 Å². The van der Waals surface area contributed by atoms with Crippen LogP contribution in [0.5, 0.6) is 11.1 Å². The fraction of sp³-hybridized carbons (Fsp3) is 0.571. The van der Waals surface area contributed by atoms with Crippen LogP contribution in [-0.4, -0.2) is 10.1 Å². The van der Waals surface area contributed by atoms with E-state index in [4.69, 9.17) is 4.74 Å². The number of aromatic hydroxyl groups is 1. The Kier molecular flexibility index (Phi) is 9.42. The molecule has 3 nitrogen and oxygen atoms in total. The Bertz CT molecular complexity index is 583. The first-order valence-corrected chi connectivity index (χ1v) is 10.5. The molecule has 0 spiro atoms. The van der Waals surface area contributed by atoms with Crippen LogP contribution in [0.1, 0.15) is 75.2 Å². The van der Waals surface area contributed by atoms with Crippen molar-refractivity contribution in [3.63, 3.8) is 0 Å². The standard InChI is InChI=1S/C21H31NO2S/c1-2-3-4-5-6-7-8-9-13-16-19-20(23)22-21(25-19)24-17-18-14-11-10-12-15-18/h10-12,14-15,23H,2-9,13,16-17H2,1H3. The molecule has 138 valence electrons. The Morgan fingerprint density at radius 1 is 0.920 bits per heavy atom. The first-order valence-electron chi connectivity index (χ1n) is 9.65. The molecular weight excluding hydrogens is 330 g/mol. The molecule has 0 aliphatic carbocycles. The fourth-order valence-corrected chi connectivity index (χ4v) is 3.71. The quantitative estimate of drug-likeness (QED) is 0.414.